The van der Waals surface area contributed by atoms with Crippen LogP contribution >= 0.6 is 0 Å². The molecule has 0 N–H and O–H groups in total. The van der Waals surface area contributed by atoms with Gasteiger partial charge in [-0.25, -0.2) is 0 Å². The standard InChI is InChI=1S/C12H7N2Si/c15-11-6-4-8-3-5-10-9(12(8)14-11)2-1-7-13-10/h1-7H. The van der Waals surface area contributed by atoms with Crippen LogP contribution in [0.25, 0.3) is 21.8 Å². The van der Waals surface area contributed by atoms with Gasteiger partial charge in [-0.3, -0.25) is 9.97 Å². The van der Waals surface area contributed by atoms with Crippen LogP contribution in [0.15, 0.2) is 42.6 Å². The minimum absolute atomic E-state index is 0.846. The first kappa shape index (κ1) is 8.56. The molecule has 0 aliphatic heterocycles. The largest absolute Gasteiger partial charge is 0.258 e. The van der Waals surface area contributed by atoms with Gasteiger partial charge >= 0.3 is 0 Å². The van der Waals surface area contributed by atoms with Gasteiger partial charge in [-0.1, -0.05) is 12.1 Å². The van der Waals surface area contributed by atoms with Gasteiger partial charge in [-0.2, -0.15) is 0 Å². The number of rotatable bonds is 0. The number of aromatic nitrogens is 2. The van der Waals surface area contributed by atoms with Crippen molar-refractivity contribution in [2.45, 2.75) is 0 Å². The molecule has 3 rings (SSSR count). The predicted molar refractivity (Wildman–Crippen MR) is 62.4 cm³/mol. The molecule has 0 amide bonds. The van der Waals surface area contributed by atoms with Crippen LogP contribution in [0.5, 0.6) is 0 Å². The molecular formula is C12H7N2Si. The fourth-order valence-electron chi connectivity index (χ4n) is 1.74. The van der Waals surface area contributed by atoms with E-state index < -0.39 is 0 Å². The highest BCUT2D eigenvalue weighted by molar-refractivity contribution is 6.31. The van der Waals surface area contributed by atoms with Crippen LogP contribution in [-0.2, 0) is 0 Å². The van der Waals surface area contributed by atoms with E-state index in [0.717, 1.165) is 27.1 Å². The van der Waals surface area contributed by atoms with Crippen LogP contribution in [-0.4, -0.2) is 20.2 Å². The van der Waals surface area contributed by atoms with Crippen molar-refractivity contribution in [3.63, 3.8) is 0 Å². The van der Waals surface area contributed by atoms with Gasteiger partial charge in [0.05, 0.1) is 21.3 Å². The Labute approximate surface area is 90.4 Å². The van der Waals surface area contributed by atoms with Crippen molar-refractivity contribution < 1.29 is 0 Å². The van der Waals surface area contributed by atoms with Crippen molar-refractivity contribution in [1.82, 2.24) is 9.97 Å². The molecule has 0 bridgehead atoms. The lowest BCUT2D eigenvalue weighted by Crippen LogP contribution is -2.06. The quantitative estimate of drug-likeness (QED) is 0.413. The van der Waals surface area contributed by atoms with Crippen LogP contribution in [0.1, 0.15) is 0 Å². The lowest BCUT2D eigenvalue weighted by atomic mass is 10.1. The predicted octanol–water partition coefficient (Wildman–Crippen LogP) is 1.58. The molecular weight excluding hydrogens is 200 g/mol. The summed E-state index contributed by atoms with van der Waals surface area (Å²) in [6.45, 7) is 0. The van der Waals surface area contributed by atoms with E-state index in [4.69, 9.17) is 0 Å². The SMILES string of the molecule is [Si]c1ccc2ccc3ncccc3c2n1. The van der Waals surface area contributed by atoms with Crippen LogP contribution in [0.2, 0.25) is 0 Å². The van der Waals surface area contributed by atoms with Gasteiger partial charge in [0.25, 0.3) is 0 Å². The number of nitrogens with zero attached hydrogens (tertiary/aromatic N) is 2. The van der Waals surface area contributed by atoms with Gasteiger partial charge in [0.15, 0.2) is 0 Å². The summed E-state index contributed by atoms with van der Waals surface area (Å²) >= 11 is 0. The third-order valence-corrected chi connectivity index (χ3v) is 2.72. The molecule has 1 aromatic carbocycles. The molecule has 0 atom stereocenters. The molecule has 2 nitrogen and oxygen atoms in total. The van der Waals surface area contributed by atoms with Crippen LogP contribution < -0.4 is 5.32 Å². The Morgan fingerprint density at radius 2 is 1.87 bits per heavy atom. The summed E-state index contributed by atoms with van der Waals surface area (Å²) in [6, 6.07) is 12.0. The summed E-state index contributed by atoms with van der Waals surface area (Å²) in [5, 5.41) is 3.08. The molecule has 0 spiro atoms. The van der Waals surface area contributed by atoms with Crippen LogP contribution in [0, 0.1) is 0 Å². The fourth-order valence-corrected chi connectivity index (χ4v) is 1.93. The second-order valence-electron chi connectivity index (χ2n) is 3.40. The van der Waals surface area contributed by atoms with Crippen LogP contribution in [0.4, 0.5) is 0 Å². The van der Waals surface area contributed by atoms with E-state index >= 15 is 0 Å². The molecule has 0 unspecified atom stereocenters. The minimum atomic E-state index is 0.846. The molecule has 15 heavy (non-hydrogen) atoms. The third-order valence-electron chi connectivity index (χ3n) is 2.44. The van der Waals surface area contributed by atoms with Crippen molar-refractivity contribution >= 4 is 37.4 Å². The van der Waals surface area contributed by atoms with Gasteiger partial charge in [0.2, 0.25) is 0 Å². The zero-order chi connectivity index (χ0) is 10.3. The number of hydrogen-bond acceptors (Lipinski definition) is 2. The molecule has 0 aliphatic rings. The zero-order valence-corrected chi connectivity index (χ0v) is 8.94. The van der Waals surface area contributed by atoms with Crippen molar-refractivity contribution in [1.29, 1.82) is 0 Å². The maximum absolute atomic E-state index is 4.48. The Hall–Kier alpha value is -1.74. The minimum Gasteiger partial charge on any atom is -0.258 e. The number of fused-ring (bicyclic) bond motifs is 3. The number of pyridine rings is 2. The second kappa shape index (κ2) is 3.14. The Morgan fingerprint density at radius 3 is 2.80 bits per heavy atom. The topological polar surface area (TPSA) is 25.8 Å². The highest BCUT2D eigenvalue weighted by atomic mass is 28.1. The average Bonchev–Trinajstić information content (AvgIpc) is 2.29. The number of benzene rings is 1. The van der Waals surface area contributed by atoms with Gasteiger partial charge in [0.1, 0.15) is 0 Å². The van der Waals surface area contributed by atoms with Gasteiger partial charge in [0, 0.05) is 22.3 Å². The van der Waals surface area contributed by atoms with E-state index in [1.165, 1.54) is 0 Å². The summed E-state index contributed by atoms with van der Waals surface area (Å²) in [6.07, 6.45) is 1.80. The summed E-state index contributed by atoms with van der Waals surface area (Å²) in [7, 11) is 3.44. The molecule has 0 fully saturated rings. The second-order valence-corrected chi connectivity index (χ2v) is 3.92. The maximum Gasteiger partial charge on any atom is 0.0995 e. The van der Waals surface area contributed by atoms with Gasteiger partial charge < -0.3 is 0 Å². The molecule has 2 heterocycles. The van der Waals surface area contributed by atoms with Crippen molar-refractivity contribution in [2.24, 2.45) is 0 Å². The lowest BCUT2D eigenvalue weighted by Gasteiger charge is -2.02. The molecule has 0 aliphatic carbocycles. The molecule has 3 heteroatoms. The molecule has 2 aromatic heterocycles. The van der Waals surface area contributed by atoms with E-state index in [9.17, 15) is 0 Å². The first-order chi connectivity index (χ1) is 7.34. The van der Waals surface area contributed by atoms with Crippen molar-refractivity contribution in [3.8, 4) is 0 Å². The summed E-state index contributed by atoms with van der Waals surface area (Å²) in [5.41, 5.74) is 1.97. The van der Waals surface area contributed by atoms with E-state index in [1.54, 1.807) is 6.20 Å². The average molecular weight is 207 g/mol. The maximum atomic E-state index is 4.48. The highest BCUT2D eigenvalue weighted by Gasteiger charge is 2.01. The lowest BCUT2D eigenvalue weighted by molar-refractivity contribution is 1.41. The Morgan fingerprint density at radius 1 is 1.00 bits per heavy atom. The van der Waals surface area contributed by atoms with Gasteiger partial charge in [-0.05, 0) is 24.3 Å². The monoisotopic (exact) mass is 207 g/mol. The smallest absolute Gasteiger partial charge is 0.0995 e. The molecule has 3 aromatic rings. The third kappa shape index (κ3) is 1.32. The van der Waals surface area contributed by atoms with E-state index in [1.807, 2.05) is 30.3 Å². The molecule has 69 valence electrons. The molecule has 3 radical (unpaired) electrons. The Kier molecular flexibility index (Phi) is 1.79. The molecule has 0 saturated carbocycles. The summed E-state index contributed by atoms with van der Waals surface area (Å²) in [4.78, 5) is 8.78. The fraction of sp³-hybridized carbons (Fsp3) is 0. The van der Waals surface area contributed by atoms with E-state index in [0.29, 0.717) is 0 Å². The summed E-state index contributed by atoms with van der Waals surface area (Å²) in [5.74, 6) is 0. The highest BCUT2D eigenvalue weighted by Crippen LogP contribution is 2.20. The first-order valence-corrected chi connectivity index (χ1v) is 5.21. The summed E-state index contributed by atoms with van der Waals surface area (Å²) < 4.78 is 0. The Balaban J connectivity index is 2.57. The van der Waals surface area contributed by atoms with Crippen molar-refractivity contribution in [2.75, 3.05) is 0 Å². The van der Waals surface area contributed by atoms with Gasteiger partial charge in [-0.15, -0.1) is 0 Å². The zero-order valence-electron chi connectivity index (χ0n) is 7.94. The van der Waals surface area contributed by atoms with Crippen molar-refractivity contribution in [3.05, 3.63) is 42.6 Å². The van der Waals surface area contributed by atoms with E-state index in [2.05, 4.69) is 26.3 Å². The Bertz CT molecular complexity index is 649. The van der Waals surface area contributed by atoms with Crippen LogP contribution in [0.3, 0.4) is 0 Å². The first-order valence-electron chi connectivity index (χ1n) is 4.71. The number of hydrogen-bond donors (Lipinski definition) is 0. The normalized spacial score (nSPS) is 11.0. The molecule has 0 saturated heterocycles. The van der Waals surface area contributed by atoms with E-state index in [-0.39, 0.29) is 0 Å².